The molecule has 5 heteroatoms. The van der Waals surface area contributed by atoms with Gasteiger partial charge in [-0.1, -0.05) is 37.3 Å². The highest BCUT2D eigenvalue weighted by Gasteiger charge is 2.13. The minimum absolute atomic E-state index is 0.00239. The Kier molecular flexibility index (Phi) is 5.72. The number of nitrogens with zero attached hydrogens (tertiary/aromatic N) is 1. The Bertz CT molecular complexity index is 608. The van der Waals surface area contributed by atoms with E-state index in [-0.39, 0.29) is 11.8 Å². The Morgan fingerprint density at radius 3 is 2.77 bits per heavy atom. The minimum Gasteiger partial charge on any atom is -0.440 e. The first kappa shape index (κ1) is 16.2. The van der Waals surface area contributed by atoms with Crippen LogP contribution >= 0.6 is 0 Å². The molecular formula is C17H23N3O2. The Morgan fingerprint density at radius 1 is 1.36 bits per heavy atom. The highest BCUT2D eigenvalue weighted by atomic mass is 16.4. The summed E-state index contributed by atoms with van der Waals surface area (Å²) in [4.78, 5) is 16.2. The SMILES string of the molecule is Cc1nc(CCC(=O)NCC(C)CN)oc1-c1ccccc1. The van der Waals surface area contributed by atoms with Gasteiger partial charge in [0.2, 0.25) is 5.91 Å². The van der Waals surface area contributed by atoms with Crippen molar-refractivity contribution < 1.29 is 9.21 Å². The molecule has 0 fully saturated rings. The van der Waals surface area contributed by atoms with Crippen LogP contribution in [0.5, 0.6) is 0 Å². The smallest absolute Gasteiger partial charge is 0.220 e. The third-order valence-corrected chi connectivity index (χ3v) is 3.49. The van der Waals surface area contributed by atoms with Crippen molar-refractivity contribution >= 4 is 5.91 Å². The molecule has 0 saturated carbocycles. The summed E-state index contributed by atoms with van der Waals surface area (Å²) in [5.74, 6) is 1.65. The van der Waals surface area contributed by atoms with Crippen molar-refractivity contribution in [3.05, 3.63) is 41.9 Å². The van der Waals surface area contributed by atoms with E-state index in [2.05, 4.69) is 10.3 Å². The fraction of sp³-hybridized carbons (Fsp3) is 0.412. The van der Waals surface area contributed by atoms with Gasteiger partial charge in [-0.05, 0) is 19.4 Å². The van der Waals surface area contributed by atoms with Crippen LogP contribution in [0.1, 0.15) is 24.9 Å². The molecule has 5 nitrogen and oxygen atoms in total. The van der Waals surface area contributed by atoms with E-state index in [1.54, 1.807) is 0 Å². The third-order valence-electron chi connectivity index (χ3n) is 3.49. The van der Waals surface area contributed by atoms with Crippen LogP contribution < -0.4 is 11.1 Å². The lowest BCUT2D eigenvalue weighted by Crippen LogP contribution is -2.31. The molecular weight excluding hydrogens is 278 g/mol. The van der Waals surface area contributed by atoms with Gasteiger partial charge in [0.25, 0.3) is 0 Å². The lowest BCUT2D eigenvalue weighted by Gasteiger charge is -2.09. The predicted octanol–water partition coefficient (Wildman–Crippen LogP) is 2.29. The summed E-state index contributed by atoms with van der Waals surface area (Å²) in [5, 5.41) is 2.87. The normalized spacial score (nSPS) is 12.1. The molecule has 3 N–H and O–H groups in total. The van der Waals surface area contributed by atoms with Gasteiger partial charge in [0.15, 0.2) is 11.7 Å². The molecule has 0 aliphatic rings. The minimum atomic E-state index is -0.00239. The molecule has 0 aliphatic carbocycles. The summed E-state index contributed by atoms with van der Waals surface area (Å²) in [7, 11) is 0. The molecule has 118 valence electrons. The van der Waals surface area contributed by atoms with Gasteiger partial charge in [-0.2, -0.15) is 0 Å². The first-order chi connectivity index (χ1) is 10.6. The second kappa shape index (κ2) is 7.75. The van der Waals surface area contributed by atoms with E-state index in [1.807, 2.05) is 44.2 Å². The molecule has 0 aliphatic heterocycles. The third kappa shape index (κ3) is 4.43. The molecule has 1 amide bonds. The van der Waals surface area contributed by atoms with E-state index >= 15 is 0 Å². The van der Waals surface area contributed by atoms with Crippen molar-refractivity contribution in [2.45, 2.75) is 26.7 Å². The van der Waals surface area contributed by atoms with Crippen LogP contribution in [0, 0.1) is 12.8 Å². The number of nitrogens with one attached hydrogen (secondary N) is 1. The number of rotatable bonds is 7. The zero-order valence-corrected chi connectivity index (χ0v) is 13.1. The van der Waals surface area contributed by atoms with E-state index in [0.717, 1.165) is 17.0 Å². The number of hydrogen-bond acceptors (Lipinski definition) is 4. The van der Waals surface area contributed by atoms with Crippen LogP contribution in [0.4, 0.5) is 0 Å². The van der Waals surface area contributed by atoms with E-state index in [1.165, 1.54) is 0 Å². The number of carbonyl (C=O) groups is 1. The molecule has 0 radical (unpaired) electrons. The second-order valence-electron chi connectivity index (χ2n) is 5.53. The van der Waals surface area contributed by atoms with Crippen LogP contribution in [-0.2, 0) is 11.2 Å². The lowest BCUT2D eigenvalue weighted by molar-refractivity contribution is -0.121. The monoisotopic (exact) mass is 301 g/mol. The Morgan fingerprint density at radius 2 is 2.09 bits per heavy atom. The summed E-state index contributed by atoms with van der Waals surface area (Å²) < 4.78 is 5.79. The maximum Gasteiger partial charge on any atom is 0.220 e. The average molecular weight is 301 g/mol. The number of carbonyl (C=O) groups excluding carboxylic acids is 1. The van der Waals surface area contributed by atoms with Crippen molar-refractivity contribution in [2.75, 3.05) is 13.1 Å². The number of nitrogens with two attached hydrogens (primary N) is 1. The van der Waals surface area contributed by atoms with E-state index in [0.29, 0.717) is 31.8 Å². The molecule has 0 spiro atoms. The van der Waals surface area contributed by atoms with Gasteiger partial charge < -0.3 is 15.5 Å². The topological polar surface area (TPSA) is 81.2 Å². The second-order valence-corrected chi connectivity index (χ2v) is 5.53. The zero-order chi connectivity index (χ0) is 15.9. The van der Waals surface area contributed by atoms with Gasteiger partial charge in [-0.25, -0.2) is 4.98 Å². The highest BCUT2D eigenvalue weighted by Crippen LogP contribution is 2.24. The number of hydrogen-bond donors (Lipinski definition) is 2. The molecule has 1 atom stereocenters. The van der Waals surface area contributed by atoms with Gasteiger partial charge in [0.1, 0.15) is 0 Å². The Balaban J connectivity index is 1.91. The van der Waals surface area contributed by atoms with E-state index < -0.39 is 0 Å². The summed E-state index contributed by atoms with van der Waals surface area (Å²) in [6.45, 7) is 5.09. The van der Waals surface area contributed by atoms with Gasteiger partial charge in [-0.15, -0.1) is 0 Å². The number of amides is 1. The number of oxazole rings is 1. The largest absolute Gasteiger partial charge is 0.440 e. The van der Waals surface area contributed by atoms with Crippen molar-refractivity contribution in [3.8, 4) is 11.3 Å². The van der Waals surface area contributed by atoms with Crippen LogP contribution in [0.25, 0.3) is 11.3 Å². The molecule has 0 bridgehead atoms. The lowest BCUT2D eigenvalue weighted by atomic mass is 10.1. The maximum absolute atomic E-state index is 11.8. The van der Waals surface area contributed by atoms with Gasteiger partial charge in [-0.3, -0.25) is 4.79 Å². The van der Waals surface area contributed by atoms with Gasteiger partial charge >= 0.3 is 0 Å². The Hall–Kier alpha value is -2.14. The number of aromatic nitrogens is 1. The fourth-order valence-corrected chi connectivity index (χ4v) is 2.10. The van der Waals surface area contributed by atoms with Crippen LogP contribution in [0.3, 0.4) is 0 Å². The maximum atomic E-state index is 11.8. The van der Waals surface area contributed by atoms with Crippen LogP contribution in [-0.4, -0.2) is 24.0 Å². The highest BCUT2D eigenvalue weighted by molar-refractivity contribution is 5.76. The van der Waals surface area contributed by atoms with E-state index in [4.69, 9.17) is 10.2 Å². The first-order valence-electron chi connectivity index (χ1n) is 7.58. The molecule has 2 aromatic rings. The molecule has 1 aromatic heterocycles. The van der Waals surface area contributed by atoms with Crippen molar-refractivity contribution in [3.63, 3.8) is 0 Å². The summed E-state index contributed by atoms with van der Waals surface area (Å²) in [5.41, 5.74) is 7.37. The molecule has 1 heterocycles. The summed E-state index contributed by atoms with van der Waals surface area (Å²) >= 11 is 0. The molecule has 0 saturated heterocycles. The van der Waals surface area contributed by atoms with Crippen LogP contribution in [0.15, 0.2) is 34.7 Å². The first-order valence-corrected chi connectivity index (χ1v) is 7.58. The van der Waals surface area contributed by atoms with Crippen molar-refractivity contribution in [2.24, 2.45) is 11.7 Å². The van der Waals surface area contributed by atoms with E-state index in [9.17, 15) is 4.79 Å². The molecule has 1 aromatic carbocycles. The summed E-state index contributed by atoms with van der Waals surface area (Å²) in [6, 6.07) is 9.85. The fourth-order valence-electron chi connectivity index (χ4n) is 2.10. The molecule has 22 heavy (non-hydrogen) atoms. The zero-order valence-electron chi connectivity index (χ0n) is 13.1. The Labute approximate surface area is 130 Å². The summed E-state index contributed by atoms with van der Waals surface area (Å²) in [6.07, 6.45) is 0.863. The number of aryl methyl sites for hydroxylation is 2. The average Bonchev–Trinajstić information content (AvgIpc) is 2.92. The quantitative estimate of drug-likeness (QED) is 0.822. The van der Waals surface area contributed by atoms with Gasteiger partial charge in [0.05, 0.1) is 5.69 Å². The number of benzene rings is 1. The van der Waals surface area contributed by atoms with Crippen LogP contribution in [0.2, 0.25) is 0 Å². The predicted molar refractivity (Wildman–Crippen MR) is 86.2 cm³/mol. The van der Waals surface area contributed by atoms with Crippen molar-refractivity contribution in [1.82, 2.24) is 10.3 Å². The van der Waals surface area contributed by atoms with Crippen molar-refractivity contribution in [1.29, 1.82) is 0 Å². The molecule has 1 unspecified atom stereocenters. The standard InChI is InChI=1S/C17H23N3O2/c1-12(10-18)11-19-15(21)8-9-16-20-13(2)17(22-16)14-6-4-3-5-7-14/h3-7,12H,8-11,18H2,1-2H3,(H,19,21). The molecule has 2 rings (SSSR count). The van der Waals surface area contributed by atoms with Gasteiger partial charge in [0, 0.05) is 24.9 Å².